The van der Waals surface area contributed by atoms with Crippen LogP contribution in [0.3, 0.4) is 0 Å². The number of hydrogen-bond donors (Lipinski definition) is 2. The summed E-state index contributed by atoms with van der Waals surface area (Å²) in [5, 5.41) is 10.9. The molecule has 0 aromatic heterocycles. The largest absolute Gasteiger partial charge is 0.385 e. The average molecular weight is 257 g/mol. The van der Waals surface area contributed by atoms with E-state index in [1.165, 1.54) is 12.1 Å². The van der Waals surface area contributed by atoms with Gasteiger partial charge in [-0.2, -0.15) is 0 Å². The summed E-state index contributed by atoms with van der Waals surface area (Å²) in [6.45, 7) is 0. The smallest absolute Gasteiger partial charge is 0.123 e. The molecule has 0 spiro atoms. The lowest BCUT2D eigenvalue weighted by molar-refractivity contribution is 0.0342. The van der Waals surface area contributed by atoms with Gasteiger partial charge in [0.15, 0.2) is 0 Å². The maximum absolute atomic E-state index is 12.9. The first-order valence-electron chi connectivity index (χ1n) is 6.40. The minimum Gasteiger partial charge on any atom is -0.385 e. The second kappa shape index (κ2) is 4.44. The zero-order chi connectivity index (χ0) is 13.5. The van der Waals surface area contributed by atoms with Crippen molar-refractivity contribution in [1.29, 1.82) is 0 Å². The molecule has 2 nitrogen and oxygen atoms in total. The van der Waals surface area contributed by atoms with Crippen LogP contribution in [-0.4, -0.2) is 5.11 Å². The number of fused-ring (bicyclic) bond motifs is 1. The van der Waals surface area contributed by atoms with Crippen molar-refractivity contribution in [2.24, 2.45) is 5.73 Å². The average Bonchev–Trinajstić information content (AvgIpc) is 2.65. The maximum atomic E-state index is 12.9. The lowest BCUT2D eigenvalue weighted by Crippen LogP contribution is -2.26. The molecule has 3 N–H and O–H groups in total. The molecule has 3 rings (SSSR count). The number of nitrogens with two attached hydrogens (primary N) is 1. The first-order valence-corrected chi connectivity index (χ1v) is 6.40. The van der Waals surface area contributed by atoms with Crippen LogP contribution in [0.5, 0.6) is 0 Å². The molecule has 0 bridgehead atoms. The zero-order valence-electron chi connectivity index (χ0n) is 10.5. The van der Waals surface area contributed by atoms with Crippen molar-refractivity contribution in [1.82, 2.24) is 0 Å². The van der Waals surface area contributed by atoms with E-state index in [1.54, 1.807) is 12.1 Å². The molecular formula is C16H16FNO. The summed E-state index contributed by atoms with van der Waals surface area (Å²) in [6.07, 6.45) is 0.960. The van der Waals surface area contributed by atoms with Crippen molar-refractivity contribution in [3.63, 3.8) is 0 Å². The Morgan fingerprint density at radius 1 is 1.16 bits per heavy atom. The minimum absolute atomic E-state index is 0.137. The van der Waals surface area contributed by atoms with Crippen molar-refractivity contribution in [2.75, 3.05) is 0 Å². The topological polar surface area (TPSA) is 46.2 Å². The molecular weight excluding hydrogens is 241 g/mol. The second-order valence-electron chi connectivity index (χ2n) is 5.23. The van der Waals surface area contributed by atoms with Crippen molar-refractivity contribution >= 4 is 0 Å². The molecule has 19 heavy (non-hydrogen) atoms. The standard InChI is InChI=1S/C16H16FNO/c17-12-7-5-11(6-8-12)9-16(19)10-15(18)13-3-1-2-4-14(13)16/h1-8,15,19H,9-10,18H2. The van der Waals surface area contributed by atoms with Crippen LogP contribution in [0.1, 0.15) is 29.2 Å². The highest BCUT2D eigenvalue weighted by Crippen LogP contribution is 2.43. The van der Waals surface area contributed by atoms with E-state index in [4.69, 9.17) is 5.73 Å². The van der Waals surface area contributed by atoms with Gasteiger partial charge in [0.25, 0.3) is 0 Å². The van der Waals surface area contributed by atoms with E-state index in [1.807, 2.05) is 24.3 Å². The van der Waals surface area contributed by atoms with Gasteiger partial charge in [0, 0.05) is 12.5 Å². The molecule has 0 radical (unpaired) electrons. The van der Waals surface area contributed by atoms with Crippen molar-refractivity contribution in [3.8, 4) is 0 Å². The van der Waals surface area contributed by atoms with Crippen LogP contribution in [0.25, 0.3) is 0 Å². The molecule has 98 valence electrons. The number of aliphatic hydroxyl groups is 1. The van der Waals surface area contributed by atoms with Gasteiger partial charge in [0.2, 0.25) is 0 Å². The van der Waals surface area contributed by atoms with E-state index in [9.17, 15) is 9.50 Å². The van der Waals surface area contributed by atoms with Crippen LogP contribution in [-0.2, 0) is 12.0 Å². The number of halogens is 1. The summed E-state index contributed by atoms with van der Waals surface area (Å²) in [4.78, 5) is 0. The van der Waals surface area contributed by atoms with Crippen molar-refractivity contribution in [2.45, 2.75) is 24.5 Å². The Bertz CT molecular complexity index is 596. The fourth-order valence-electron chi connectivity index (χ4n) is 2.94. The Morgan fingerprint density at radius 3 is 2.58 bits per heavy atom. The molecule has 2 aromatic carbocycles. The fourth-order valence-corrected chi connectivity index (χ4v) is 2.94. The first kappa shape index (κ1) is 12.3. The predicted octanol–water partition coefficient (Wildman–Crippen LogP) is 2.66. The van der Waals surface area contributed by atoms with E-state index in [0.717, 1.165) is 16.7 Å². The molecule has 1 aliphatic carbocycles. The monoisotopic (exact) mass is 257 g/mol. The van der Waals surface area contributed by atoms with Gasteiger partial charge in [0.1, 0.15) is 5.82 Å². The van der Waals surface area contributed by atoms with Crippen molar-refractivity contribution < 1.29 is 9.50 Å². The molecule has 2 unspecified atom stereocenters. The third kappa shape index (κ3) is 2.15. The van der Waals surface area contributed by atoms with Gasteiger partial charge in [-0.15, -0.1) is 0 Å². The molecule has 3 heteroatoms. The zero-order valence-corrected chi connectivity index (χ0v) is 10.5. The van der Waals surface area contributed by atoms with E-state index in [2.05, 4.69) is 0 Å². The van der Waals surface area contributed by atoms with Crippen LogP contribution in [0.2, 0.25) is 0 Å². The minimum atomic E-state index is -0.951. The molecule has 0 amide bonds. The van der Waals surface area contributed by atoms with Gasteiger partial charge in [-0.25, -0.2) is 4.39 Å². The van der Waals surface area contributed by atoms with E-state index in [-0.39, 0.29) is 11.9 Å². The van der Waals surface area contributed by atoms with Crippen LogP contribution in [0.4, 0.5) is 4.39 Å². The predicted molar refractivity (Wildman–Crippen MR) is 72.0 cm³/mol. The molecule has 0 heterocycles. The van der Waals surface area contributed by atoms with Crippen molar-refractivity contribution in [3.05, 3.63) is 71.0 Å². The first-order chi connectivity index (χ1) is 9.08. The number of benzene rings is 2. The van der Waals surface area contributed by atoms with Gasteiger partial charge in [0.05, 0.1) is 5.60 Å². The highest BCUT2D eigenvalue weighted by molar-refractivity contribution is 5.41. The Balaban J connectivity index is 1.94. The number of rotatable bonds is 2. The Hall–Kier alpha value is -1.71. The van der Waals surface area contributed by atoms with Crippen LogP contribution in [0.15, 0.2) is 48.5 Å². The highest BCUT2D eigenvalue weighted by Gasteiger charge is 2.40. The van der Waals surface area contributed by atoms with Gasteiger partial charge in [-0.1, -0.05) is 36.4 Å². The molecule has 0 saturated heterocycles. The van der Waals surface area contributed by atoms with Crippen LogP contribution >= 0.6 is 0 Å². The van der Waals surface area contributed by atoms with Crippen LogP contribution in [0, 0.1) is 5.82 Å². The Labute approximate surface area is 111 Å². The number of hydrogen-bond acceptors (Lipinski definition) is 2. The maximum Gasteiger partial charge on any atom is 0.123 e. The molecule has 0 fully saturated rings. The summed E-state index contributed by atoms with van der Waals surface area (Å²) in [5.41, 5.74) is 7.94. The summed E-state index contributed by atoms with van der Waals surface area (Å²) < 4.78 is 12.9. The molecule has 0 aliphatic heterocycles. The summed E-state index contributed by atoms with van der Waals surface area (Å²) >= 11 is 0. The molecule has 2 aromatic rings. The Kier molecular flexibility index (Phi) is 2.88. The summed E-state index contributed by atoms with van der Waals surface area (Å²) in [5.74, 6) is -0.265. The van der Waals surface area contributed by atoms with Gasteiger partial charge in [-0.05, 0) is 35.2 Å². The fraction of sp³-hybridized carbons (Fsp3) is 0.250. The lowest BCUT2D eigenvalue weighted by Gasteiger charge is -2.24. The molecule has 0 saturated carbocycles. The second-order valence-corrected chi connectivity index (χ2v) is 5.23. The SMILES string of the molecule is NC1CC(O)(Cc2ccc(F)cc2)c2ccccc21. The highest BCUT2D eigenvalue weighted by atomic mass is 19.1. The third-order valence-corrected chi connectivity index (χ3v) is 3.83. The van der Waals surface area contributed by atoms with Crippen LogP contribution < -0.4 is 5.73 Å². The van der Waals surface area contributed by atoms with E-state index >= 15 is 0 Å². The molecule has 2 atom stereocenters. The third-order valence-electron chi connectivity index (χ3n) is 3.83. The summed E-state index contributed by atoms with van der Waals surface area (Å²) in [7, 11) is 0. The molecule has 1 aliphatic rings. The van der Waals surface area contributed by atoms with Gasteiger partial charge < -0.3 is 10.8 Å². The van der Waals surface area contributed by atoms with E-state index in [0.29, 0.717) is 12.8 Å². The van der Waals surface area contributed by atoms with E-state index < -0.39 is 5.60 Å². The van der Waals surface area contributed by atoms with Gasteiger partial charge in [-0.3, -0.25) is 0 Å². The van der Waals surface area contributed by atoms with Gasteiger partial charge >= 0.3 is 0 Å². The lowest BCUT2D eigenvalue weighted by atomic mass is 9.89. The summed E-state index contributed by atoms with van der Waals surface area (Å²) in [6, 6.07) is 13.8. The normalized spacial score (nSPS) is 25.3. The Morgan fingerprint density at radius 2 is 1.84 bits per heavy atom. The quantitative estimate of drug-likeness (QED) is 0.868.